The second-order valence-corrected chi connectivity index (χ2v) is 11.3. The third-order valence-electron chi connectivity index (χ3n) is 8.80. The Bertz CT molecular complexity index is 2210. The second-order valence-electron chi connectivity index (χ2n) is 11.3. The van der Waals surface area contributed by atoms with Crippen LogP contribution in [0.3, 0.4) is 0 Å². The fourth-order valence-electron chi connectivity index (χ4n) is 6.71. The van der Waals surface area contributed by atoms with E-state index in [1.54, 1.807) is 0 Å². The average Bonchev–Trinajstić information content (AvgIpc) is 3.45. The third kappa shape index (κ3) is 3.89. The molecule has 3 heteroatoms. The Morgan fingerprint density at radius 2 is 1.07 bits per heavy atom. The topological polar surface area (TPSA) is 35.0 Å². The maximum Gasteiger partial charge on any atom is 0.160 e. The fourth-order valence-corrected chi connectivity index (χ4v) is 6.71. The molecule has 202 valence electrons. The summed E-state index contributed by atoms with van der Waals surface area (Å²) >= 11 is 0. The number of hydrogen-bond donors (Lipinski definition) is 0. The molecule has 6 aromatic carbocycles. The first kappa shape index (κ1) is 24.1. The highest BCUT2D eigenvalue weighted by Crippen LogP contribution is 2.46. The van der Waals surface area contributed by atoms with Gasteiger partial charge in [0.25, 0.3) is 0 Å². The Hall–Kier alpha value is -5.54. The van der Waals surface area contributed by atoms with E-state index < -0.39 is 0 Å². The molecule has 3 nitrogen and oxygen atoms in total. The summed E-state index contributed by atoms with van der Waals surface area (Å²) in [5, 5.41) is 7.38. The first-order valence-electron chi connectivity index (χ1n) is 14.7. The van der Waals surface area contributed by atoms with Gasteiger partial charge in [0.05, 0.1) is 11.4 Å². The number of benzene rings is 6. The molecule has 0 saturated carbocycles. The highest BCUT2D eigenvalue weighted by atomic mass is 16.5. The van der Waals surface area contributed by atoms with Crippen molar-refractivity contribution < 1.29 is 4.74 Å². The van der Waals surface area contributed by atoms with Crippen molar-refractivity contribution in [2.75, 3.05) is 0 Å². The summed E-state index contributed by atoms with van der Waals surface area (Å²) in [5.41, 5.74) is 6.20. The van der Waals surface area contributed by atoms with Gasteiger partial charge in [-0.05, 0) is 62.7 Å². The van der Waals surface area contributed by atoms with Gasteiger partial charge in [0.1, 0.15) is 11.9 Å². The number of nitrogens with zero attached hydrogens (tertiary/aromatic N) is 2. The van der Waals surface area contributed by atoms with Crippen LogP contribution < -0.4 is 4.74 Å². The minimum absolute atomic E-state index is 0.0660. The summed E-state index contributed by atoms with van der Waals surface area (Å²) in [5.74, 6) is 1.96. The quantitative estimate of drug-likeness (QED) is 0.205. The van der Waals surface area contributed by atoms with Crippen LogP contribution in [0.5, 0.6) is 5.75 Å². The minimum Gasteiger partial charge on any atom is -0.485 e. The van der Waals surface area contributed by atoms with Crippen LogP contribution in [0.15, 0.2) is 146 Å². The van der Waals surface area contributed by atoms with E-state index in [2.05, 4.69) is 121 Å². The molecule has 0 saturated heterocycles. The lowest BCUT2D eigenvalue weighted by atomic mass is 9.87. The van der Waals surface area contributed by atoms with E-state index in [1.165, 1.54) is 37.9 Å². The van der Waals surface area contributed by atoms with Crippen LogP contribution in [0.4, 0.5) is 0 Å². The predicted molar refractivity (Wildman–Crippen MR) is 176 cm³/mol. The normalized spacial score (nSPS) is 16.8. The van der Waals surface area contributed by atoms with Crippen LogP contribution in [0.2, 0.25) is 0 Å². The molecular formula is C40H26N2O. The summed E-state index contributed by atoms with van der Waals surface area (Å²) in [4.78, 5) is 10.1. The largest absolute Gasteiger partial charge is 0.485 e. The molecule has 0 spiro atoms. The smallest absolute Gasteiger partial charge is 0.160 e. The maximum absolute atomic E-state index is 6.43. The Balaban J connectivity index is 1.28. The average molecular weight is 551 g/mol. The molecule has 0 amide bonds. The Morgan fingerprint density at radius 3 is 1.84 bits per heavy atom. The molecule has 0 radical (unpaired) electrons. The first-order chi connectivity index (χ1) is 21.3. The zero-order valence-corrected chi connectivity index (χ0v) is 23.3. The third-order valence-corrected chi connectivity index (χ3v) is 8.80. The molecule has 0 fully saturated rings. The SMILES string of the molecule is C1=CC2Oc3cc4c5ccc(-c6cc(-c7ccccc7)nc(-c7ccccc7)n6)cc5c5ccccc5c4cc3C2C=C1. The highest BCUT2D eigenvalue weighted by Gasteiger charge is 2.32. The number of ether oxygens (including phenoxy) is 1. The van der Waals surface area contributed by atoms with Crippen molar-refractivity contribution in [3.63, 3.8) is 0 Å². The van der Waals surface area contributed by atoms with E-state index in [-0.39, 0.29) is 12.0 Å². The van der Waals surface area contributed by atoms with Gasteiger partial charge in [-0.1, -0.05) is 115 Å². The monoisotopic (exact) mass is 550 g/mol. The van der Waals surface area contributed by atoms with Gasteiger partial charge >= 0.3 is 0 Å². The molecule has 1 aromatic heterocycles. The van der Waals surface area contributed by atoms with E-state index in [4.69, 9.17) is 14.7 Å². The van der Waals surface area contributed by atoms with Crippen LogP contribution in [-0.2, 0) is 0 Å². The second kappa shape index (κ2) is 9.50. The molecule has 2 aliphatic rings. The van der Waals surface area contributed by atoms with Crippen molar-refractivity contribution in [3.8, 4) is 39.7 Å². The van der Waals surface area contributed by atoms with E-state index in [9.17, 15) is 0 Å². The molecule has 0 N–H and O–H groups in total. The number of allylic oxidation sites excluding steroid dienone is 2. The molecule has 43 heavy (non-hydrogen) atoms. The van der Waals surface area contributed by atoms with Crippen molar-refractivity contribution in [2.24, 2.45) is 0 Å². The Kier molecular flexibility index (Phi) is 5.32. The molecular weight excluding hydrogens is 524 g/mol. The minimum atomic E-state index is 0.0660. The molecule has 2 atom stereocenters. The molecule has 1 aliphatic carbocycles. The van der Waals surface area contributed by atoms with Gasteiger partial charge in [0.15, 0.2) is 5.82 Å². The van der Waals surface area contributed by atoms with Crippen molar-refractivity contribution in [3.05, 3.63) is 151 Å². The van der Waals surface area contributed by atoms with Crippen LogP contribution in [-0.4, -0.2) is 16.1 Å². The van der Waals surface area contributed by atoms with Gasteiger partial charge in [-0.3, -0.25) is 0 Å². The summed E-state index contributed by atoms with van der Waals surface area (Å²) in [7, 11) is 0. The van der Waals surface area contributed by atoms with E-state index in [0.29, 0.717) is 0 Å². The molecule has 2 unspecified atom stereocenters. The Morgan fingerprint density at radius 1 is 0.465 bits per heavy atom. The van der Waals surface area contributed by atoms with Crippen molar-refractivity contribution in [2.45, 2.75) is 12.0 Å². The molecule has 1 aliphatic heterocycles. The van der Waals surface area contributed by atoms with E-state index in [1.807, 2.05) is 24.3 Å². The van der Waals surface area contributed by atoms with Gasteiger partial charge in [-0.25, -0.2) is 9.97 Å². The van der Waals surface area contributed by atoms with Crippen LogP contribution in [0.1, 0.15) is 11.5 Å². The lowest BCUT2D eigenvalue weighted by Crippen LogP contribution is -2.15. The van der Waals surface area contributed by atoms with E-state index in [0.717, 1.165) is 39.7 Å². The number of aromatic nitrogens is 2. The van der Waals surface area contributed by atoms with Crippen LogP contribution in [0.25, 0.3) is 66.2 Å². The maximum atomic E-state index is 6.43. The van der Waals surface area contributed by atoms with Crippen LogP contribution in [0, 0.1) is 0 Å². The van der Waals surface area contributed by atoms with Gasteiger partial charge < -0.3 is 4.74 Å². The first-order valence-corrected chi connectivity index (χ1v) is 14.7. The predicted octanol–water partition coefficient (Wildman–Crippen LogP) is 9.91. The molecule has 2 heterocycles. The lowest BCUT2D eigenvalue weighted by molar-refractivity contribution is 0.269. The van der Waals surface area contributed by atoms with Gasteiger partial charge in [0.2, 0.25) is 0 Å². The number of hydrogen-bond acceptors (Lipinski definition) is 3. The molecule has 7 aromatic rings. The number of rotatable bonds is 3. The zero-order valence-electron chi connectivity index (χ0n) is 23.3. The van der Waals surface area contributed by atoms with Crippen LogP contribution >= 0.6 is 0 Å². The van der Waals surface area contributed by atoms with Crippen molar-refractivity contribution >= 4 is 32.3 Å². The summed E-state index contributed by atoms with van der Waals surface area (Å²) < 4.78 is 6.43. The van der Waals surface area contributed by atoms with Gasteiger partial charge in [-0.15, -0.1) is 0 Å². The van der Waals surface area contributed by atoms with Gasteiger partial charge in [0, 0.05) is 28.2 Å². The summed E-state index contributed by atoms with van der Waals surface area (Å²) in [6.07, 6.45) is 8.69. The van der Waals surface area contributed by atoms with Gasteiger partial charge in [-0.2, -0.15) is 0 Å². The molecule has 9 rings (SSSR count). The molecule has 0 bridgehead atoms. The van der Waals surface area contributed by atoms with Crippen molar-refractivity contribution in [1.82, 2.24) is 9.97 Å². The summed E-state index contributed by atoms with van der Waals surface area (Å²) in [6.45, 7) is 0. The lowest BCUT2D eigenvalue weighted by Gasteiger charge is -2.15. The Labute approximate surface area is 249 Å². The fraction of sp³-hybridized carbons (Fsp3) is 0.0500. The zero-order chi connectivity index (χ0) is 28.3. The van der Waals surface area contributed by atoms with Crippen molar-refractivity contribution in [1.29, 1.82) is 0 Å². The standard InChI is InChI=1S/C40H26N2O/c1-3-11-25(12-4-1)36-24-37(42-40(41-36)26-13-5-2-6-14-26)27-19-20-30-32(21-27)28-15-7-8-16-29(28)33-22-35-31-17-9-10-18-38(31)43-39(35)23-34(30)33/h1-24,31,38H. The highest BCUT2D eigenvalue weighted by molar-refractivity contribution is 6.26. The van der Waals surface area contributed by atoms with E-state index >= 15 is 0 Å². The summed E-state index contributed by atoms with van der Waals surface area (Å²) in [6, 6.07) is 42.8. The number of fused-ring (bicyclic) bond motifs is 9.